The predicted octanol–water partition coefficient (Wildman–Crippen LogP) is 1.46. The second-order valence-corrected chi connectivity index (χ2v) is 3.94. The molecule has 0 aliphatic heterocycles. The van der Waals surface area contributed by atoms with E-state index in [1.165, 1.54) is 22.2 Å². The molecule has 1 nitrogen and oxygen atoms in total. The summed E-state index contributed by atoms with van der Waals surface area (Å²) in [5.74, 6) is 0. The fourth-order valence-electron chi connectivity index (χ4n) is 1.00. The number of hydrogen-bond donors (Lipinski definition) is 0. The second kappa shape index (κ2) is 6.62. The van der Waals surface area contributed by atoms with Gasteiger partial charge in [0, 0.05) is 16.8 Å². The summed E-state index contributed by atoms with van der Waals surface area (Å²) >= 11 is 0. The van der Waals surface area contributed by atoms with Gasteiger partial charge in [0.2, 0.25) is 0 Å². The highest BCUT2D eigenvalue weighted by atomic mass is 28.1. The predicted molar refractivity (Wildman–Crippen MR) is 54.0 cm³/mol. The summed E-state index contributed by atoms with van der Waals surface area (Å²) in [6.45, 7) is 8.18. The summed E-state index contributed by atoms with van der Waals surface area (Å²) in [5, 5.41) is 1.63. The first kappa shape index (κ1) is 10.9. The largest absolute Gasteiger partial charge is 0.377 e. The van der Waals surface area contributed by atoms with Gasteiger partial charge in [0.15, 0.2) is 0 Å². The van der Waals surface area contributed by atoms with Gasteiger partial charge in [0.25, 0.3) is 0 Å². The molecule has 0 atom stereocenters. The average Bonchev–Trinajstić information content (AvgIpc) is 2.05. The number of allylic oxidation sites excluding steroid dienone is 1. The van der Waals surface area contributed by atoms with Crippen LogP contribution in [0.25, 0.3) is 0 Å². The molecule has 0 unspecified atom stereocenters. The molecule has 66 valence electrons. The zero-order chi connectivity index (χ0) is 8.69. The van der Waals surface area contributed by atoms with Crippen molar-refractivity contribution in [2.75, 3.05) is 13.2 Å². The van der Waals surface area contributed by atoms with Crippen molar-refractivity contribution in [1.82, 2.24) is 0 Å². The maximum absolute atomic E-state index is 5.37. The molecule has 0 radical (unpaired) electrons. The summed E-state index contributed by atoms with van der Waals surface area (Å²) in [7, 11) is 1.20. The van der Waals surface area contributed by atoms with Gasteiger partial charge in [-0.3, -0.25) is 0 Å². The molecule has 0 spiro atoms. The van der Waals surface area contributed by atoms with Crippen molar-refractivity contribution in [3.05, 3.63) is 10.8 Å². The molecule has 0 rings (SSSR count). The van der Waals surface area contributed by atoms with Gasteiger partial charge in [0.05, 0.1) is 6.61 Å². The number of rotatable bonds is 5. The molecule has 0 aromatic heterocycles. The Morgan fingerprint density at radius 3 is 2.18 bits per heavy atom. The standard InChI is InChI=1S/C9H20OSi/c1-4-8(7-10-6-3)9(11)5-2/h4-7H2,1-3,11H3. The van der Waals surface area contributed by atoms with Gasteiger partial charge in [0.1, 0.15) is 0 Å². The molecule has 0 bridgehead atoms. The van der Waals surface area contributed by atoms with Crippen LogP contribution in [-0.2, 0) is 4.74 Å². The maximum Gasteiger partial charge on any atom is 0.0675 e. The quantitative estimate of drug-likeness (QED) is 0.571. The van der Waals surface area contributed by atoms with Gasteiger partial charge >= 0.3 is 0 Å². The third-order valence-corrected chi connectivity index (χ3v) is 3.46. The van der Waals surface area contributed by atoms with E-state index in [2.05, 4.69) is 13.8 Å². The molecule has 0 aliphatic carbocycles. The Balaban J connectivity index is 3.92. The lowest BCUT2D eigenvalue weighted by molar-refractivity contribution is 0.168. The van der Waals surface area contributed by atoms with Crippen molar-refractivity contribution in [1.29, 1.82) is 0 Å². The monoisotopic (exact) mass is 172 g/mol. The fourth-order valence-corrected chi connectivity index (χ4v) is 1.50. The highest BCUT2D eigenvalue weighted by Crippen LogP contribution is 2.09. The van der Waals surface area contributed by atoms with Crippen molar-refractivity contribution >= 4 is 10.2 Å². The Labute approximate surface area is 73.3 Å². The number of ether oxygens (including phenoxy) is 1. The lowest BCUT2D eigenvalue weighted by Gasteiger charge is -2.08. The van der Waals surface area contributed by atoms with Gasteiger partial charge in [-0.1, -0.05) is 24.6 Å². The highest BCUT2D eigenvalue weighted by molar-refractivity contribution is 6.22. The summed E-state index contributed by atoms with van der Waals surface area (Å²) in [6.07, 6.45) is 2.37. The van der Waals surface area contributed by atoms with Crippen molar-refractivity contribution in [2.24, 2.45) is 0 Å². The van der Waals surface area contributed by atoms with Crippen molar-refractivity contribution in [3.63, 3.8) is 0 Å². The molecule has 0 aromatic carbocycles. The van der Waals surface area contributed by atoms with Crippen LogP contribution < -0.4 is 0 Å². The molecular formula is C9H20OSi. The van der Waals surface area contributed by atoms with E-state index in [9.17, 15) is 0 Å². The Morgan fingerprint density at radius 2 is 1.82 bits per heavy atom. The molecule has 0 aliphatic rings. The van der Waals surface area contributed by atoms with Crippen LogP contribution in [0.4, 0.5) is 0 Å². The van der Waals surface area contributed by atoms with Gasteiger partial charge in [-0.2, -0.15) is 0 Å². The summed E-state index contributed by atoms with van der Waals surface area (Å²) in [6, 6.07) is 0. The third kappa shape index (κ3) is 4.38. The van der Waals surface area contributed by atoms with E-state index >= 15 is 0 Å². The second-order valence-electron chi connectivity index (χ2n) is 2.73. The van der Waals surface area contributed by atoms with Crippen molar-refractivity contribution < 1.29 is 4.74 Å². The molecule has 0 amide bonds. The summed E-state index contributed by atoms with van der Waals surface area (Å²) < 4.78 is 5.37. The van der Waals surface area contributed by atoms with Crippen molar-refractivity contribution in [3.8, 4) is 0 Å². The van der Waals surface area contributed by atoms with Crippen LogP contribution in [-0.4, -0.2) is 23.5 Å². The lowest BCUT2D eigenvalue weighted by atomic mass is 10.2. The van der Waals surface area contributed by atoms with Gasteiger partial charge in [-0.25, -0.2) is 0 Å². The SMILES string of the molecule is CCOCC(CC)=C([SiH3])CC. The van der Waals surface area contributed by atoms with E-state index in [-0.39, 0.29) is 0 Å². The van der Waals surface area contributed by atoms with Crippen LogP contribution in [0.1, 0.15) is 33.6 Å². The zero-order valence-corrected chi connectivity index (χ0v) is 10.2. The molecule has 0 saturated carbocycles. The van der Waals surface area contributed by atoms with Gasteiger partial charge in [-0.05, 0) is 19.8 Å². The van der Waals surface area contributed by atoms with E-state index in [1.54, 1.807) is 5.20 Å². The topological polar surface area (TPSA) is 9.23 Å². The van der Waals surface area contributed by atoms with E-state index < -0.39 is 0 Å². The molecule has 0 saturated heterocycles. The smallest absolute Gasteiger partial charge is 0.0675 e. The van der Waals surface area contributed by atoms with E-state index in [0.29, 0.717) is 0 Å². The Hall–Kier alpha value is -0.0831. The average molecular weight is 172 g/mol. The van der Waals surface area contributed by atoms with Crippen LogP contribution >= 0.6 is 0 Å². The number of hydrogen-bond acceptors (Lipinski definition) is 1. The van der Waals surface area contributed by atoms with Crippen LogP contribution in [0.3, 0.4) is 0 Å². The molecular weight excluding hydrogens is 152 g/mol. The van der Waals surface area contributed by atoms with E-state index in [0.717, 1.165) is 19.6 Å². The van der Waals surface area contributed by atoms with Crippen LogP contribution in [0.15, 0.2) is 10.8 Å². The first-order valence-electron chi connectivity index (χ1n) is 4.51. The summed E-state index contributed by atoms with van der Waals surface area (Å²) in [5.41, 5.74) is 1.53. The fraction of sp³-hybridized carbons (Fsp3) is 0.778. The molecule has 0 fully saturated rings. The molecule has 11 heavy (non-hydrogen) atoms. The molecule has 2 heteroatoms. The van der Waals surface area contributed by atoms with Crippen LogP contribution in [0.5, 0.6) is 0 Å². The first-order chi connectivity index (χ1) is 5.26. The first-order valence-corrected chi connectivity index (χ1v) is 5.51. The third-order valence-electron chi connectivity index (χ3n) is 2.04. The minimum absolute atomic E-state index is 0.835. The molecule has 0 aromatic rings. The Bertz CT molecular complexity index is 130. The highest BCUT2D eigenvalue weighted by Gasteiger charge is 1.97. The normalized spacial score (nSPS) is 13.4. The zero-order valence-electron chi connectivity index (χ0n) is 8.24. The van der Waals surface area contributed by atoms with Crippen LogP contribution in [0, 0.1) is 0 Å². The maximum atomic E-state index is 5.37. The summed E-state index contributed by atoms with van der Waals surface area (Å²) in [4.78, 5) is 0. The Kier molecular flexibility index (Phi) is 6.57. The van der Waals surface area contributed by atoms with Gasteiger partial charge in [-0.15, -0.1) is 0 Å². The Morgan fingerprint density at radius 1 is 1.18 bits per heavy atom. The minimum Gasteiger partial charge on any atom is -0.377 e. The van der Waals surface area contributed by atoms with Crippen LogP contribution in [0.2, 0.25) is 0 Å². The lowest BCUT2D eigenvalue weighted by Crippen LogP contribution is -2.00. The minimum atomic E-state index is 0.835. The van der Waals surface area contributed by atoms with Crippen molar-refractivity contribution in [2.45, 2.75) is 33.6 Å². The molecule has 0 N–H and O–H groups in total. The van der Waals surface area contributed by atoms with Gasteiger partial charge < -0.3 is 4.74 Å². The molecule has 0 heterocycles. The van der Waals surface area contributed by atoms with E-state index in [4.69, 9.17) is 4.74 Å². The van der Waals surface area contributed by atoms with E-state index in [1.807, 2.05) is 6.92 Å².